The van der Waals surface area contributed by atoms with Crippen LogP contribution >= 0.6 is 0 Å². The summed E-state index contributed by atoms with van der Waals surface area (Å²) >= 11 is 0. The average Bonchev–Trinajstić information content (AvgIpc) is 2.26. The molecule has 0 amide bonds. The molecule has 0 bridgehead atoms. The lowest BCUT2D eigenvalue weighted by atomic mass is 10.3. The van der Waals surface area contributed by atoms with Gasteiger partial charge in [-0.25, -0.2) is 9.18 Å². The van der Waals surface area contributed by atoms with Crippen LogP contribution in [0.3, 0.4) is 0 Å². The number of carboxylic acid groups (broad SMARTS) is 1. The van der Waals surface area contributed by atoms with Crippen LogP contribution in [0, 0.1) is 5.82 Å². The predicted molar refractivity (Wildman–Crippen MR) is 54.9 cm³/mol. The fraction of sp³-hybridized carbons (Fsp3) is 0.364. The quantitative estimate of drug-likeness (QED) is 0.753. The zero-order chi connectivity index (χ0) is 12.0. The van der Waals surface area contributed by atoms with Gasteiger partial charge in [0.05, 0.1) is 6.61 Å². The van der Waals surface area contributed by atoms with Crippen molar-refractivity contribution < 1.29 is 23.8 Å². The maximum Gasteiger partial charge on any atom is 0.332 e. The lowest BCUT2D eigenvalue weighted by molar-refractivity contribution is -0.149. The van der Waals surface area contributed by atoms with Crippen LogP contribution in [0.2, 0.25) is 0 Å². The summed E-state index contributed by atoms with van der Waals surface area (Å²) in [7, 11) is 0. The molecule has 0 saturated carbocycles. The summed E-state index contributed by atoms with van der Waals surface area (Å²) in [4.78, 5) is 10.4. The van der Waals surface area contributed by atoms with Gasteiger partial charge in [-0.2, -0.15) is 0 Å². The van der Waals surface area contributed by atoms with Crippen LogP contribution in [0.15, 0.2) is 24.3 Å². The molecule has 88 valence electrons. The highest BCUT2D eigenvalue weighted by atomic mass is 19.1. The van der Waals surface area contributed by atoms with E-state index in [1.807, 2.05) is 0 Å². The molecule has 0 aliphatic heterocycles. The van der Waals surface area contributed by atoms with Crippen LogP contribution in [0.25, 0.3) is 0 Å². The SMILES string of the molecule is CC(OCCOc1ccc(F)cc1)C(=O)O. The summed E-state index contributed by atoms with van der Waals surface area (Å²) in [6.07, 6.45) is -0.850. The highest BCUT2D eigenvalue weighted by Crippen LogP contribution is 2.10. The molecule has 0 saturated heterocycles. The van der Waals surface area contributed by atoms with Crippen molar-refractivity contribution >= 4 is 5.97 Å². The van der Waals surface area contributed by atoms with Gasteiger partial charge in [-0.05, 0) is 31.2 Å². The van der Waals surface area contributed by atoms with Crippen molar-refractivity contribution in [3.05, 3.63) is 30.1 Å². The maximum atomic E-state index is 12.5. The first-order valence-corrected chi connectivity index (χ1v) is 4.82. The van der Waals surface area contributed by atoms with Gasteiger partial charge in [0.1, 0.15) is 18.2 Å². The number of rotatable bonds is 6. The smallest absolute Gasteiger partial charge is 0.332 e. The van der Waals surface area contributed by atoms with Crippen molar-refractivity contribution in [3.8, 4) is 5.75 Å². The molecule has 0 aliphatic carbocycles. The first-order valence-electron chi connectivity index (χ1n) is 4.82. The summed E-state index contributed by atoms with van der Waals surface area (Å²) in [5, 5.41) is 8.52. The van der Waals surface area contributed by atoms with Gasteiger partial charge < -0.3 is 14.6 Å². The van der Waals surface area contributed by atoms with E-state index in [2.05, 4.69) is 0 Å². The van der Waals surface area contributed by atoms with E-state index in [1.165, 1.54) is 31.2 Å². The fourth-order valence-corrected chi connectivity index (χ4v) is 0.987. The Morgan fingerprint density at radius 1 is 1.38 bits per heavy atom. The first-order chi connectivity index (χ1) is 7.59. The van der Waals surface area contributed by atoms with Crippen molar-refractivity contribution in [3.63, 3.8) is 0 Å². The van der Waals surface area contributed by atoms with Crippen molar-refractivity contribution in [1.29, 1.82) is 0 Å². The Hall–Kier alpha value is -1.62. The van der Waals surface area contributed by atoms with Gasteiger partial charge in [-0.1, -0.05) is 0 Å². The molecule has 16 heavy (non-hydrogen) atoms. The molecule has 1 atom stereocenters. The first kappa shape index (κ1) is 12.4. The van der Waals surface area contributed by atoms with E-state index in [1.54, 1.807) is 0 Å². The summed E-state index contributed by atoms with van der Waals surface area (Å²) in [5.74, 6) is -0.821. The van der Waals surface area contributed by atoms with Crippen LogP contribution in [-0.4, -0.2) is 30.4 Å². The second-order valence-electron chi connectivity index (χ2n) is 3.15. The maximum absolute atomic E-state index is 12.5. The third-order valence-electron chi connectivity index (χ3n) is 1.88. The lowest BCUT2D eigenvalue weighted by Gasteiger charge is -2.09. The minimum Gasteiger partial charge on any atom is -0.491 e. The minimum absolute atomic E-state index is 0.171. The van der Waals surface area contributed by atoms with Crippen LogP contribution in [-0.2, 0) is 9.53 Å². The molecule has 1 rings (SSSR count). The molecule has 1 aromatic rings. The average molecular weight is 228 g/mol. The highest BCUT2D eigenvalue weighted by molar-refractivity contribution is 5.71. The second-order valence-corrected chi connectivity index (χ2v) is 3.15. The van der Waals surface area contributed by atoms with Gasteiger partial charge in [0.15, 0.2) is 6.10 Å². The Balaban J connectivity index is 2.21. The summed E-state index contributed by atoms with van der Waals surface area (Å²) < 4.78 is 22.7. The molecule has 4 nitrogen and oxygen atoms in total. The van der Waals surface area contributed by atoms with Crippen LogP contribution in [0.5, 0.6) is 5.75 Å². The Bertz CT molecular complexity index is 336. The molecule has 1 unspecified atom stereocenters. The zero-order valence-corrected chi connectivity index (χ0v) is 8.85. The fourth-order valence-electron chi connectivity index (χ4n) is 0.987. The standard InChI is InChI=1S/C11H13FO4/c1-8(11(13)14)15-6-7-16-10-4-2-9(12)3-5-10/h2-5,8H,6-7H2,1H3,(H,13,14). The van der Waals surface area contributed by atoms with Crippen molar-refractivity contribution in [2.75, 3.05) is 13.2 Å². The number of hydrogen-bond donors (Lipinski definition) is 1. The molecule has 0 heterocycles. The number of hydrogen-bond acceptors (Lipinski definition) is 3. The van der Waals surface area contributed by atoms with E-state index >= 15 is 0 Å². The van der Waals surface area contributed by atoms with Gasteiger partial charge in [0.2, 0.25) is 0 Å². The third kappa shape index (κ3) is 4.27. The minimum atomic E-state index is -1.01. The van der Waals surface area contributed by atoms with Crippen LogP contribution in [0.1, 0.15) is 6.92 Å². The third-order valence-corrected chi connectivity index (χ3v) is 1.88. The molecule has 0 aliphatic rings. The number of carbonyl (C=O) groups is 1. The topological polar surface area (TPSA) is 55.8 Å². The molecule has 0 aromatic heterocycles. The van der Waals surface area contributed by atoms with Crippen molar-refractivity contribution in [2.24, 2.45) is 0 Å². The largest absolute Gasteiger partial charge is 0.491 e. The number of benzene rings is 1. The molecule has 1 aromatic carbocycles. The normalized spacial score (nSPS) is 12.1. The van der Waals surface area contributed by atoms with Crippen LogP contribution < -0.4 is 4.74 Å². The van der Waals surface area contributed by atoms with E-state index in [0.29, 0.717) is 5.75 Å². The summed E-state index contributed by atoms with van der Waals surface area (Å²) in [6.45, 7) is 1.84. The Labute approximate surface area is 92.6 Å². The molecular weight excluding hydrogens is 215 g/mol. The Kier molecular flexibility index (Phi) is 4.72. The molecular formula is C11H13FO4. The van der Waals surface area contributed by atoms with Gasteiger partial charge >= 0.3 is 5.97 Å². The highest BCUT2D eigenvalue weighted by Gasteiger charge is 2.09. The van der Waals surface area contributed by atoms with E-state index in [4.69, 9.17) is 14.6 Å². The van der Waals surface area contributed by atoms with E-state index in [0.717, 1.165) is 0 Å². The van der Waals surface area contributed by atoms with Crippen molar-refractivity contribution in [1.82, 2.24) is 0 Å². The van der Waals surface area contributed by atoms with E-state index in [-0.39, 0.29) is 19.0 Å². The molecule has 5 heteroatoms. The van der Waals surface area contributed by atoms with E-state index < -0.39 is 12.1 Å². The Morgan fingerprint density at radius 2 is 2.00 bits per heavy atom. The summed E-state index contributed by atoms with van der Waals surface area (Å²) in [6, 6.07) is 5.57. The zero-order valence-electron chi connectivity index (χ0n) is 8.85. The van der Waals surface area contributed by atoms with Crippen molar-refractivity contribution in [2.45, 2.75) is 13.0 Å². The van der Waals surface area contributed by atoms with E-state index in [9.17, 15) is 9.18 Å². The van der Waals surface area contributed by atoms with Gasteiger partial charge in [-0.15, -0.1) is 0 Å². The lowest BCUT2D eigenvalue weighted by Crippen LogP contribution is -2.22. The number of carboxylic acids is 1. The van der Waals surface area contributed by atoms with Crippen LogP contribution in [0.4, 0.5) is 4.39 Å². The summed E-state index contributed by atoms with van der Waals surface area (Å²) in [5.41, 5.74) is 0. The number of halogens is 1. The Morgan fingerprint density at radius 3 is 2.56 bits per heavy atom. The molecule has 1 N–H and O–H groups in total. The predicted octanol–water partition coefficient (Wildman–Crippen LogP) is 1.69. The molecule has 0 radical (unpaired) electrons. The van der Waals surface area contributed by atoms with Gasteiger partial charge in [0.25, 0.3) is 0 Å². The van der Waals surface area contributed by atoms with Gasteiger partial charge in [0, 0.05) is 0 Å². The monoisotopic (exact) mass is 228 g/mol. The number of ether oxygens (including phenoxy) is 2. The second kappa shape index (κ2) is 6.07. The van der Waals surface area contributed by atoms with Gasteiger partial charge in [-0.3, -0.25) is 0 Å². The molecule has 0 spiro atoms. The number of aliphatic carboxylic acids is 1. The molecule has 0 fully saturated rings.